The lowest BCUT2D eigenvalue weighted by atomic mass is 9.67. The third-order valence-corrected chi connectivity index (χ3v) is 11.5. The molecule has 8 rings (SSSR count). The first-order chi connectivity index (χ1) is 24.9. The van der Waals surface area contributed by atoms with Gasteiger partial charge in [0.1, 0.15) is 7.05 Å². The first-order valence-corrected chi connectivity index (χ1v) is 18.4. The average molecular weight is 705 g/mol. The molecule has 4 heteroatoms. The number of fused-ring (bicyclic) bond motifs is 2. The monoisotopic (exact) mass is 703 g/mol. The van der Waals surface area contributed by atoms with Crippen LogP contribution in [0.4, 0.5) is 11.4 Å². The van der Waals surface area contributed by atoms with E-state index in [0.29, 0.717) is 0 Å². The van der Waals surface area contributed by atoms with E-state index in [-0.39, 0.29) is 0 Å². The van der Waals surface area contributed by atoms with Crippen molar-refractivity contribution in [2.24, 2.45) is 0 Å². The summed E-state index contributed by atoms with van der Waals surface area (Å²) in [7, 11) is 4.46. The number of allylic oxidation sites excluding steroid dienone is 2. The normalized spacial score (nSPS) is 16.4. The molecule has 6 aromatic carbocycles. The highest BCUT2D eigenvalue weighted by molar-refractivity contribution is 6.31. The summed E-state index contributed by atoms with van der Waals surface area (Å²) in [5.74, 6) is 0. The lowest BCUT2D eigenvalue weighted by molar-refractivity contribution is -0.401. The molecular weight excluding hydrogens is 663 g/mol. The number of benzene rings is 6. The number of rotatable bonds is 9. The SMILES string of the molecule is CN1C(=CC2=[N+](C)c3ccc(Cl)cc3C2(Cc2ccccc2)Cc2ccccc2)C(Cc2ccccc2)(Cc2ccccc2)c2cc(Cl)ccc21. The molecule has 0 aromatic heterocycles. The summed E-state index contributed by atoms with van der Waals surface area (Å²) < 4.78 is 2.42. The largest absolute Gasteiger partial charge is 0.347 e. The lowest BCUT2D eigenvalue weighted by Gasteiger charge is -2.35. The minimum atomic E-state index is -0.400. The van der Waals surface area contributed by atoms with Gasteiger partial charge in [-0.3, -0.25) is 0 Å². The maximum atomic E-state index is 6.88. The summed E-state index contributed by atoms with van der Waals surface area (Å²) in [5, 5.41) is 1.51. The molecule has 2 heterocycles. The molecule has 0 saturated heterocycles. The van der Waals surface area contributed by atoms with E-state index in [1.165, 1.54) is 56.2 Å². The molecule has 252 valence electrons. The third-order valence-electron chi connectivity index (χ3n) is 11.0. The van der Waals surface area contributed by atoms with Crippen LogP contribution in [-0.4, -0.2) is 24.4 Å². The van der Waals surface area contributed by atoms with Crippen molar-refractivity contribution in [3.63, 3.8) is 0 Å². The van der Waals surface area contributed by atoms with Crippen LogP contribution in [0, 0.1) is 0 Å². The number of nitrogens with zero attached hydrogens (tertiary/aromatic N) is 2. The van der Waals surface area contributed by atoms with Crippen molar-refractivity contribution < 1.29 is 4.58 Å². The highest BCUT2D eigenvalue weighted by atomic mass is 35.5. The van der Waals surface area contributed by atoms with E-state index in [9.17, 15) is 0 Å². The zero-order chi connectivity index (χ0) is 35.0. The van der Waals surface area contributed by atoms with Gasteiger partial charge in [-0.1, -0.05) is 145 Å². The van der Waals surface area contributed by atoms with Gasteiger partial charge in [-0.2, -0.15) is 4.58 Å². The molecule has 0 bridgehead atoms. The van der Waals surface area contributed by atoms with Crippen LogP contribution >= 0.6 is 23.2 Å². The second-order valence-electron chi connectivity index (χ2n) is 14.2. The van der Waals surface area contributed by atoms with Crippen LogP contribution in [0.25, 0.3) is 0 Å². The fraction of sp³-hybridized carbons (Fsp3) is 0.170. The van der Waals surface area contributed by atoms with E-state index < -0.39 is 10.8 Å². The Morgan fingerprint density at radius 2 is 0.941 bits per heavy atom. The summed E-state index contributed by atoms with van der Waals surface area (Å²) in [5.41, 5.74) is 11.8. The summed E-state index contributed by atoms with van der Waals surface area (Å²) >= 11 is 13.8. The van der Waals surface area contributed by atoms with Crippen LogP contribution in [0.15, 0.2) is 169 Å². The number of halogens is 2. The first kappa shape index (κ1) is 33.3. The average Bonchev–Trinajstić information content (AvgIpc) is 3.49. The molecule has 2 aliphatic rings. The maximum absolute atomic E-state index is 6.88. The molecule has 0 saturated carbocycles. The third kappa shape index (κ3) is 6.11. The van der Waals surface area contributed by atoms with Crippen LogP contribution in [0.5, 0.6) is 0 Å². The maximum Gasteiger partial charge on any atom is 0.209 e. The minimum absolute atomic E-state index is 0.400. The highest BCUT2D eigenvalue weighted by Crippen LogP contribution is 2.53. The predicted octanol–water partition coefficient (Wildman–Crippen LogP) is 11.2. The van der Waals surface area contributed by atoms with E-state index in [2.05, 4.69) is 175 Å². The Bertz CT molecular complexity index is 2160. The Hall–Kier alpha value is -4.89. The fourth-order valence-electron chi connectivity index (χ4n) is 8.79. The zero-order valence-corrected chi connectivity index (χ0v) is 30.6. The van der Waals surface area contributed by atoms with Crippen LogP contribution in [0.1, 0.15) is 33.4 Å². The van der Waals surface area contributed by atoms with Crippen molar-refractivity contribution in [1.82, 2.24) is 0 Å². The molecular formula is C47H41Cl2N2+. The van der Waals surface area contributed by atoms with Gasteiger partial charge < -0.3 is 4.90 Å². The van der Waals surface area contributed by atoms with Gasteiger partial charge in [0.15, 0.2) is 5.71 Å². The fourth-order valence-corrected chi connectivity index (χ4v) is 9.13. The lowest BCUT2D eigenvalue weighted by Crippen LogP contribution is -2.41. The highest BCUT2D eigenvalue weighted by Gasteiger charge is 2.53. The van der Waals surface area contributed by atoms with E-state index >= 15 is 0 Å². The second-order valence-corrected chi connectivity index (χ2v) is 15.0. The Balaban J connectivity index is 1.42. The van der Waals surface area contributed by atoms with Gasteiger partial charge in [0, 0.05) is 51.6 Å². The summed E-state index contributed by atoms with van der Waals surface area (Å²) in [6.07, 6.45) is 5.83. The second kappa shape index (κ2) is 13.7. The van der Waals surface area contributed by atoms with Crippen molar-refractivity contribution in [1.29, 1.82) is 0 Å². The molecule has 0 N–H and O–H groups in total. The molecule has 2 nitrogen and oxygen atoms in total. The molecule has 0 radical (unpaired) electrons. The van der Waals surface area contributed by atoms with Crippen LogP contribution in [-0.2, 0) is 36.5 Å². The molecule has 0 fully saturated rings. The number of hydrogen-bond donors (Lipinski definition) is 0. The molecule has 51 heavy (non-hydrogen) atoms. The zero-order valence-electron chi connectivity index (χ0n) is 29.1. The molecule has 0 unspecified atom stereocenters. The van der Waals surface area contributed by atoms with E-state index in [1.807, 2.05) is 12.1 Å². The number of hydrogen-bond acceptors (Lipinski definition) is 1. The van der Waals surface area contributed by atoms with Crippen molar-refractivity contribution in [2.45, 2.75) is 36.5 Å². The predicted molar refractivity (Wildman–Crippen MR) is 214 cm³/mol. The van der Waals surface area contributed by atoms with Crippen molar-refractivity contribution in [3.05, 3.63) is 213 Å². The molecule has 0 amide bonds. The van der Waals surface area contributed by atoms with E-state index in [0.717, 1.165) is 35.7 Å². The van der Waals surface area contributed by atoms with Crippen LogP contribution in [0.3, 0.4) is 0 Å². The van der Waals surface area contributed by atoms with Crippen LogP contribution < -0.4 is 4.90 Å². The van der Waals surface area contributed by atoms with E-state index in [1.54, 1.807) is 0 Å². The first-order valence-electron chi connectivity index (χ1n) is 17.7. The van der Waals surface area contributed by atoms with Crippen LogP contribution in [0.2, 0.25) is 10.0 Å². The Labute approximate surface area is 312 Å². The standard InChI is InChI=1S/C47H41Cl2N2/c1-50-42-25-23-38(48)27-40(42)46(30-34-15-7-3-8-16-34,31-35-17-9-4-10-18-35)44(50)29-45-47(32-36-19-11-5-12-20-36,33-37-21-13-6-14-22-37)41-28-39(49)24-26-43(41)51(45)2/h3-29H,30-33H2,1-2H3/q+1. The summed E-state index contributed by atoms with van der Waals surface area (Å²) in [4.78, 5) is 2.42. The van der Waals surface area contributed by atoms with Crippen molar-refractivity contribution in [3.8, 4) is 0 Å². The minimum Gasteiger partial charge on any atom is -0.347 e. The number of likely N-dealkylation sites (N-methyl/N-ethyl adjacent to an activating group) is 1. The van der Waals surface area contributed by atoms with Crippen molar-refractivity contribution >= 4 is 40.3 Å². The van der Waals surface area contributed by atoms with Crippen molar-refractivity contribution in [2.75, 3.05) is 19.0 Å². The van der Waals surface area contributed by atoms with Gasteiger partial charge in [-0.25, -0.2) is 0 Å². The van der Waals surface area contributed by atoms with Gasteiger partial charge in [0.2, 0.25) is 5.69 Å². The quantitative estimate of drug-likeness (QED) is 0.136. The van der Waals surface area contributed by atoms with Gasteiger partial charge in [0.25, 0.3) is 0 Å². The summed E-state index contributed by atoms with van der Waals surface area (Å²) in [6.45, 7) is 0. The van der Waals surface area contributed by atoms with Gasteiger partial charge in [-0.15, -0.1) is 0 Å². The molecule has 0 spiro atoms. The molecule has 6 aromatic rings. The molecule has 0 atom stereocenters. The Morgan fingerprint density at radius 1 is 0.529 bits per heavy atom. The van der Waals surface area contributed by atoms with Gasteiger partial charge in [0.05, 0.1) is 5.41 Å². The number of anilines is 1. The molecule has 0 aliphatic carbocycles. The van der Waals surface area contributed by atoms with Gasteiger partial charge in [-0.05, 0) is 83.8 Å². The topological polar surface area (TPSA) is 6.25 Å². The Morgan fingerprint density at radius 3 is 1.41 bits per heavy atom. The Kier molecular flexibility index (Phi) is 8.92. The van der Waals surface area contributed by atoms with Gasteiger partial charge >= 0.3 is 0 Å². The van der Waals surface area contributed by atoms with E-state index in [4.69, 9.17) is 23.2 Å². The molecule has 2 aliphatic heterocycles. The summed E-state index contributed by atoms with van der Waals surface area (Å²) in [6, 6.07) is 56.5. The smallest absolute Gasteiger partial charge is 0.209 e.